The molecule has 3 N–H and O–H groups in total. The van der Waals surface area contributed by atoms with E-state index in [1.165, 1.54) is 4.90 Å². The Labute approximate surface area is 136 Å². The zero-order valence-corrected chi connectivity index (χ0v) is 13.6. The van der Waals surface area contributed by atoms with E-state index in [0.717, 1.165) is 32.5 Å². The summed E-state index contributed by atoms with van der Waals surface area (Å²) >= 11 is 5.32. The summed E-state index contributed by atoms with van der Waals surface area (Å²) < 4.78 is 1.10. The van der Waals surface area contributed by atoms with Crippen LogP contribution in [0.4, 0.5) is 5.82 Å². The number of nitrogen functional groups attached to an aromatic ring is 1. The largest absolute Gasteiger partial charge is 0.308 e. The van der Waals surface area contributed by atoms with E-state index in [1.807, 2.05) is 36.4 Å². The van der Waals surface area contributed by atoms with Gasteiger partial charge in [0.1, 0.15) is 5.82 Å². The van der Waals surface area contributed by atoms with Gasteiger partial charge in [-0.3, -0.25) is 0 Å². The standard InChI is InChI=1S/C16H14BrN3S/c17-13-6-2-4-8-15(13)21-10-12-9-11-5-1-3-7-14(11)19-16(12)20-18/h1-9H,10,18H2,(H,19,20). The first-order valence-electron chi connectivity index (χ1n) is 6.50. The molecule has 0 bridgehead atoms. The third-order valence-corrected chi connectivity index (χ3v) is 5.24. The number of pyridine rings is 1. The average Bonchev–Trinajstić information content (AvgIpc) is 2.53. The summed E-state index contributed by atoms with van der Waals surface area (Å²) in [7, 11) is 0. The summed E-state index contributed by atoms with van der Waals surface area (Å²) in [6.07, 6.45) is 0. The fourth-order valence-corrected chi connectivity index (χ4v) is 3.65. The Bertz CT molecular complexity index is 776. The van der Waals surface area contributed by atoms with Crippen molar-refractivity contribution in [1.82, 2.24) is 4.98 Å². The van der Waals surface area contributed by atoms with Gasteiger partial charge in [0.15, 0.2) is 0 Å². The number of nitrogens with two attached hydrogens (primary N) is 1. The molecule has 3 nitrogen and oxygen atoms in total. The Morgan fingerprint density at radius 2 is 1.86 bits per heavy atom. The molecule has 0 saturated carbocycles. The molecule has 0 aliphatic carbocycles. The third kappa shape index (κ3) is 3.20. The lowest BCUT2D eigenvalue weighted by Gasteiger charge is -2.10. The van der Waals surface area contributed by atoms with Crippen molar-refractivity contribution in [1.29, 1.82) is 0 Å². The number of nitrogens with zero attached hydrogens (tertiary/aromatic N) is 1. The zero-order valence-electron chi connectivity index (χ0n) is 11.2. The van der Waals surface area contributed by atoms with Crippen molar-refractivity contribution in [2.45, 2.75) is 10.6 Å². The second kappa shape index (κ2) is 6.47. The first-order valence-corrected chi connectivity index (χ1v) is 8.28. The van der Waals surface area contributed by atoms with E-state index in [0.29, 0.717) is 0 Å². The molecule has 0 radical (unpaired) electrons. The number of nitrogens with one attached hydrogen (secondary N) is 1. The van der Waals surface area contributed by atoms with Crippen molar-refractivity contribution >= 4 is 44.4 Å². The minimum atomic E-state index is 0.730. The normalized spacial score (nSPS) is 10.8. The first kappa shape index (κ1) is 14.4. The van der Waals surface area contributed by atoms with Gasteiger partial charge in [-0.15, -0.1) is 11.8 Å². The molecule has 1 heterocycles. The highest BCUT2D eigenvalue weighted by molar-refractivity contribution is 9.10. The van der Waals surface area contributed by atoms with Crippen molar-refractivity contribution in [2.75, 3.05) is 5.43 Å². The molecule has 0 unspecified atom stereocenters. The smallest absolute Gasteiger partial charge is 0.144 e. The van der Waals surface area contributed by atoms with Gasteiger partial charge >= 0.3 is 0 Å². The maximum absolute atomic E-state index is 5.61. The number of benzene rings is 2. The second-order valence-electron chi connectivity index (χ2n) is 4.55. The fourth-order valence-electron chi connectivity index (χ4n) is 2.11. The van der Waals surface area contributed by atoms with Gasteiger partial charge in [0.25, 0.3) is 0 Å². The van der Waals surface area contributed by atoms with Gasteiger partial charge in [-0.2, -0.15) is 0 Å². The van der Waals surface area contributed by atoms with Gasteiger partial charge < -0.3 is 5.43 Å². The topological polar surface area (TPSA) is 50.9 Å². The molecular weight excluding hydrogens is 346 g/mol. The van der Waals surface area contributed by atoms with Gasteiger partial charge in [0.05, 0.1) is 5.52 Å². The molecule has 5 heteroatoms. The van der Waals surface area contributed by atoms with Crippen molar-refractivity contribution < 1.29 is 0 Å². The number of hydrazine groups is 1. The molecule has 3 rings (SSSR count). The number of fused-ring (bicyclic) bond motifs is 1. The highest BCUT2D eigenvalue weighted by Crippen LogP contribution is 2.32. The van der Waals surface area contributed by atoms with Crippen LogP contribution >= 0.6 is 27.7 Å². The highest BCUT2D eigenvalue weighted by Gasteiger charge is 2.07. The number of thioether (sulfide) groups is 1. The minimum Gasteiger partial charge on any atom is -0.308 e. The summed E-state index contributed by atoms with van der Waals surface area (Å²) in [6.45, 7) is 0. The molecule has 106 valence electrons. The van der Waals surface area contributed by atoms with Crippen molar-refractivity contribution in [2.24, 2.45) is 5.84 Å². The fraction of sp³-hybridized carbons (Fsp3) is 0.0625. The van der Waals surface area contributed by atoms with E-state index < -0.39 is 0 Å². The summed E-state index contributed by atoms with van der Waals surface area (Å²) in [5, 5.41) is 1.12. The predicted molar refractivity (Wildman–Crippen MR) is 93.3 cm³/mol. The summed E-state index contributed by atoms with van der Waals surface area (Å²) in [4.78, 5) is 5.77. The lowest BCUT2D eigenvalue weighted by molar-refractivity contribution is 1.21. The van der Waals surface area contributed by atoms with E-state index in [2.05, 4.69) is 44.5 Å². The van der Waals surface area contributed by atoms with Gasteiger partial charge in [-0.1, -0.05) is 30.3 Å². The number of hydrogen-bond acceptors (Lipinski definition) is 4. The molecule has 21 heavy (non-hydrogen) atoms. The Morgan fingerprint density at radius 1 is 1.10 bits per heavy atom. The summed E-state index contributed by atoms with van der Waals surface area (Å²) in [6, 6.07) is 18.4. The third-order valence-electron chi connectivity index (χ3n) is 3.16. The molecule has 3 aromatic rings. The van der Waals surface area contributed by atoms with Crippen LogP contribution in [-0.4, -0.2) is 4.98 Å². The first-order chi connectivity index (χ1) is 10.3. The van der Waals surface area contributed by atoms with Gasteiger partial charge in [0.2, 0.25) is 0 Å². The van der Waals surface area contributed by atoms with Gasteiger partial charge in [-0.25, -0.2) is 10.8 Å². The molecule has 0 aliphatic rings. The zero-order chi connectivity index (χ0) is 14.7. The Hall–Kier alpha value is -1.56. The van der Waals surface area contributed by atoms with Crippen LogP contribution in [-0.2, 0) is 5.75 Å². The molecule has 0 fully saturated rings. The number of rotatable bonds is 4. The van der Waals surface area contributed by atoms with Crippen LogP contribution in [0.1, 0.15) is 5.56 Å². The van der Waals surface area contributed by atoms with Crippen LogP contribution in [0.5, 0.6) is 0 Å². The SMILES string of the molecule is NNc1nc2ccccc2cc1CSc1ccccc1Br. The lowest BCUT2D eigenvalue weighted by Crippen LogP contribution is -2.11. The number of halogens is 1. The number of anilines is 1. The van der Waals surface area contributed by atoms with E-state index >= 15 is 0 Å². The van der Waals surface area contributed by atoms with Crippen LogP contribution in [0.15, 0.2) is 64.0 Å². The average molecular weight is 360 g/mol. The van der Waals surface area contributed by atoms with Crippen LogP contribution in [0, 0.1) is 0 Å². The Balaban J connectivity index is 1.91. The maximum atomic E-state index is 5.61. The molecule has 0 amide bonds. The quantitative estimate of drug-likeness (QED) is 0.406. The van der Waals surface area contributed by atoms with Crippen molar-refractivity contribution in [3.05, 3.63) is 64.6 Å². The van der Waals surface area contributed by atoms with E-state index in [4.69, 9.17) is 5.84 Å². The molecule has 0 saturated heterocycles. The van der Waals surface area contributed by atoms with E-state index in [1.54, 1.807) is 11.8 Å². The monoisotopic (exact) mass is 359 g/mol. The number of hydrogen-bond donors (Lipinski definition) is 2. The van der Waals surface area contributed by atoms with E-state index in [9.17, 15) is 0 Å². The number of para-hydroxylation sites is 1. The molecule has 0 atom stereocenters. The number of aromatic nitrogens is 1. The Kier molecular flexibility index (Phi) is 4.43. The minimum absolute atomic E-state index is 0.730. The lowest BCUT2D eigenvalue weighted by atomic mass is 10.1. The van der Waals surface area contributed by atoms with Gasteiger partial charge in [0, 0.05) is 26.1 Å². The molecule has 0 spiro atoms. The van der Waals surface area contributed by atoms with Crippen molar-refractivity contribution in [3.63, 3.8) is 0 Å². The molecule has 2 aromatic carbocycles. The van der Waals surface area contributed by atoms with Gasteiger partial charge in [-0.05, 0) is 40.2 Å². The Morgan fingerprint density at radius 3 is 2.67 bits per heavy atom. The van der Waals surface area contributed by atoms with E-state index in [-0.39, 0.29) is 0 Å². The van der Waals surface area contributed by atoms with Crippen molar-refractivity contribution in [3.8, 4) is 0 Å². The molecule has 0 aliphatic heterocycles. The highest BCUT2D eigenvalue weighted by atomic mass is 79.9. The molecule has 1 aromatic heterocycles. The van der Waals surface area contributed by atoms with Crippen LogP contribution in [0.2, 0.25) is 0 Å². The summed E-state index contributed by atoms with van der Waals surface area (Å²) in [5.74, 6) is 7.14. The second-order valence-corrected chi connectivity index (χ2v) is 6.42. The molecular formula is C16H14BrN3S. The van der Waals surface area contributed by atoms with Crippen LogP contribution < -0.4 is 11.3 Å². The van der Waals surface area contributed by atoms with Crippen LogP contribution in [0.25, 0.3) is 10.9 Å². The summed E-state index contributed by atoms with van der Waals surface area (Å²) in [5.41, 5.74) is 4.74. The predicted octanol–water partition coefficient (Wildman–Crippen LogP) is 4.58. The van der Waals surface area contributed by atoms with Crippen LogP contribution in [0.3, 0.4) is 0 Å². The maximum Gasteiger partial charge on any atom is 0.144 e.